The molecule has 1 aliphatic rings. The van der Waals surface area contributed by atoms with Crippen molar-refractivity contribution in [2.75, 3.05) is 31.5 Å². The monoisotopic (exact) mass is 393 g/mol. The van der Waals surface area contributed by atoms with E-state index in [1.54, 1.807) is 12.1 Å². The summed E-state index contributed by atoms with van der Waals surface area (Å²) in [4.78, 5) is 13.5. The van der Waals surface area contributed by atoms with Gasteiger partial charge in [0, 0.05) is 38.8 Å². The summed E-state index contributed by atoms with van der Waals surface area (Å²) >= 11 is 0. The second-order valence-electron chi connectivity index (χ2n) is 6.61. The Morgan fingerprint density at radius 3 is 2.07 bits per heavy atom. The van der Waals surface area contributed by atoms with Crippen molar-refractivity contribution in [3.8, 4) is 5.75 Å². The number of anilines is 1. The third kappa shape index (κ3) is 5.46. The van der Waals surface area contributed by atoms with E-state index in [0.29, 0.717) is 5.69 Å². The normalized spacial score (nSPS) is 16.4. The standard InChI is InChI=1S/C20H22F3N3O2/c1-14(27)25-17-6-2-15(3-7-17)19(26-12-10-24-11-13-26)16-4-8-18(9-5-16)28-20(21,22)23/h2-9,19,24H,10-13H2,1H3,(H,25,27)/t19-/m1/s1. The summed E-state index contributed by atoms with van der Waals surface area (Å²) in [6.07, 6.45) is -4.71. The molecule has 3 rings (SSSR count). The van der Waals surface area contributed by atoms with E-state index in [2.05, 4.69) is 20.3 Å². The number of hydrogen-bond acceptors (Lipinski definition) is 4. The number of rotatable bonds is 5. The van der Waals surface area contributed by atoms with Gasteiger partial charge in [0.1, 0.15) is 5.75 Å². The van der Waals surface area contributed by atoms with Crippen molar-refractivity contribution in [3.05, 3.63) is 59.7 Å². The SMILES string of the molecule is CC(=O)Nc1ccc([C@H](c2ccc(OC(F)(F)F)cc2)N2CCNCC2)cc1. The van der Waals surface area contributed by atoms with Gasteiger partial charge in [0.05, 0.1) is 6.04 Å². The van der Waals surface area contributed by atoms with E-state index in [9.17, 15) is 18.0 Å². The van der Waals surface area contributed by atoms with Crippen LogP contribution in [-0.2, 0) is 4.79 Å². The molecule has 0 radical (unpaired) electrons. The Morgan fingerprint density at radius 1 is 1.04 bits per heavy atom. The first kappa shape index (κ1) is 20.2. The van der Waals surface area contributed by atoms with Crippen LogP contribution >= 0.6 is 0 Å². The second kappa shape index (κ2) is 8.62. The molecular weight excluding hydrogens is 371 g/mol. The molecule has 1 heterocycles. The number of carbonyl (C=O) groups is 1. The number of piperazine rings is 1. The smallest absolute Gasteiger partial charge is 0.406 e. The Balaban J connectivity index is 1.87. The fourth-order valence-electron chi connectivity index (χ4n) is 3.36. The maximum absolute atomic E-state index is 12.4. The first-order chi connectivity index (χ1) is 13.3. The molecule has 0 spiro atoms. The molecule has 150 valence electrons. The summed E-state index contributed by atoms with van der Waals surface area (Å²) in [5.41, 5.74) is 2.58. The summed E-state index contributed by atoms with van der Waals surface area (Å²) in [6, 6.07) is 13.4. The zero-order chi connectivity index (χ0) is 20.1. The highest BCUT2D eigenvalue weighted by Crippen LogP contribution is 2.32. The highest BCUT2D eigenvalue weighted by Gasteiger charge is 2.31. The number of nitrogens with zero attached hydrogens (tertiary/aromatic N) is 1. The molecule has 1 atom stereocenters. The van der Waals surface area contributed by atoms with Crippen LogP contribution in [0.15, 0.2) is 48.5 Å². The minimum absolute atomic E-state index is 0.103. The number of alkyl halides is 3. The molecule has 0 aromatic heterocycles. The number of amides is 1. The first-order valence-corrected chi connectivity index (χ1v) is 9.00. The van der Waals surface area contributed by atoms with Crippen LogP contribution < -0.4 is 15.4 Å². The Morgan fingerprint density at radius 2 is 1.57 bits per heavy atom. The molecule has 2 aromatic rings. The van der Waals surface area contributed by atoms with Crippen molar-refractivity contribution >= 4 is 11.6 Å². The lowest BCUT2D eigenvalue weighted by Crippen LogP contribution is -2.45. The van der Waals surface area contributed by atoms with Gasteiger partial charge in [-0.2, -0.15) is 0 Å². The quantitative estimate of drug-likeness (QED) is 0.816. The summed E-state index contributed by atoms with van der Waals surface area (Å²) in [5, 5.41) is 6.04. The van der Waals surface area contributed by atoms with Gasteiger partial charge in [-0.1, -0.05) is 24.3 Å². The van der Waals surface area contributed by atoms with Crippen LogP contribution in [0.5, 0.6) is 5.75 Å². The minimum Gasteiger partial charge on any atom is -0.406 e. The van der Waals surface area contributed by atoms with Crippen LogP contribution in [0.25, 0.3) is 0 Å². The average Bonchev–Trinajstić information content (AvgIpc) is 2.64. The number of carbonyl (C=O) groups excluding carboxylic acids is 1. The zero-order valence-electron chi connectivity index (χ0n) is 15.4. The summed E-state index contributed by atoms with van der Waals surface area (Å²) in [5.74, 6) is -0.386. The van der Waals surface area contributed by atoms with Crippen LogP contribution in [0, 0.1) is 0 Å². The van der Waals surface area contributed by atoms with Gasteiger partial charge in [-0.3, -0.25) is 9.69 Å². The van der Waals surface area contributed by atoms with E-state index in [1.165, 1.54) is 19.1 Å². The molecule has 0 aliphatic carbocycles. The molecule has 1 saturated heterocycles. The van der Waals surface area contributed by atoms with Gasteiger partial charge in [0.25, 0.3) is 0 Å². The van der Waals surface area contributed by atoms with E-state index in [0.717, 1.165) is 37.3 Å². The van der Waals surface area contributed by atoms with Gasteiger partial charge < -0.3 is 15.4 Å². The first-order valence-electron chi connectivity index (χ1n) is 9.00. The Bertz CT molecular complexity index is 786. The second-order valence-corrected chi connectivity index (χ2v) is 6.61. The van der Waals surface area contributed by atoms with Gasteiger partial charge in [-0.15, -0.1) is 13.2 Å². The Labute approximate surface area is 161 Å². The highest BCUT2D eigenvalue weighted by atomic mass is 19.4. The minimum atomic E-state index is -4.71. The van der Waals surface area contributed by atoms with Crippen LogP contribution in [0.3, 0.4) is 0 Å². The van der Waals surface area contributed by atoms with Crippen LogP contribution in [-0.4, -0.2) is 43.3 Å². The lowest BCUT2D eigenvalue weighted by molar-refractivity contribution is -0.274. The number of ether oxygens (including phenoxy) is 1. The largest absolute Gasteiger partial charge is 0.573 e. The van der Waals surface area contributed by atoms with Crippen molar-refractivity contribution in [1.82, 2.24) is 10.2 Å². The van der Waals surface area contributed by atoms with E-state index in [4.69, 9.17) is 0 Å². The van der Waals surface area contributed by atoms with Crippen molar-refractivity contribution in [1.29, 1.82) is 0 Å². The van der Waals surface area contributed by atoms with Crippen molar-refractivity contribution < 1.29 is 22.7 Å². The number of hydrogen-bond donors (Lipinski definition) is 2. The number of nitrogens with one attached hydrogen (secondary N) is 2. The third-order valence-corrected chi connectivity index (χ3v) is 4.49. The molecule has 0 unspecified atom stereocenters. The molecule has 1 fully saturated rings. The zero-order valence-corrected chi connectivity index (χ0v) is 15.4. The molecule has 1 amide bonds. The summed E-state index contributed by atoms with van der Waals surface area (Å²) in [6.45, 7) is 4.77. The van der Waals surface area contributed by atoms with E-state index in [-0.39, 0.29) is 17.7 Å². The number of halogens is 3. The molecule has 28 heavy (non-hydrogen) atoms. The number of benzene rings is 2. The fraction of sp³-hybridized carbons (Fsp3) is 0.350. The molecule has 0 bridgehead atoms. The van der Waals surface area contributed by atoms with E-state index in [1.807, 2.05) is 24.3 Å². The predicted octanol–water partition coefficient (Wildman–Crippen LogP) is 3.54. The predicted molar refractivity (Wildman–Crippen MR) is 100 cm³/mol. The maximum Gasteiger partial charge on any atom is 0.573 e. The third-order valence-electron chi connectivity index (χ3n) is 4.49. The maximum atomic E-state index is 12.4. The van der Waals surface area contributed by atoms with Gasteiger partial charge >= 0.3 is 6.36 Å². The highest BCUT2D eigenvalue weighted by molar-refractivity contribution is 5.88. The van der Waals surface area contributed by atoms with Crippen molar-refractivity contribution in [3.63, 3.8) is 0 Å². The van der Waals surface area contributed by atoms with Crippen LogP contribution in [0.2, 0.25) is 0 Å². The summed E-state index contributed by atoms with van der Waals surface area (Å²) < 4.78 is 41.2. The van der Waals surface area contributed by atoms with E-state index < -0.39 is 6.36 Å². The van der Waals surface area contributed by atoms with Gasteiger partial charge in [0.15, 0.2) is 0 Å². The molecule has 5 nitrogen and oxygen atoms in total. The van der Waals surface area contributed by atoms with E-state index >= 15 is 0 Å². The van der Waals surface area contributed by atoms with Gasteiger partial charge in [0.2, 0.25) is 5.91 Å². The molecule has 2 N–H and O–H groups in total. The summed E-state index contributed by atoms with van der Waals surface area (Å²) in [7, 11) is 0. The average molecular weight is 393 g/mol. The van der Waals surface area contributed by atoms with Gasteiger partial charge in [-0.25, -0.2) is 0 Å². The van der Waals surface area contributed by atoms with Crippen molar-refractivity contribution in [2.24, 2.45) is 0 Å². The van der Waals surface area contributed by atoms with Gasteiger partial charge in [-0.05, 0) is 35.4 Å². The molecule has 8 heteroatoms. The van der Waals surface area contributed by atoms with Crippen LogP contribution in [0.1, 0.15) is 24.1 Å². The van der Waals surface area contributed by atoms with Crippen molar-refractivity contribution in [2.45, 2.75) is 19.3 Å². The topological polar surface area (TPSA) is 53.6 Å². The molecular formula is C20H22F3N3O2. The Kier molecular flexibility index (Phi) is 6.21. The van der Waals surface area contributed by atoms with Crippen LogP contribution in [0.4, 0.5) is 18.9 Å². The lowest BCUT2D eigenvalue weighted by Gasteiger charge is -2.35. The molecule has 1 aliphatic heterocycles. The lowest BCUT2D eigenvalue weighted by atomic mass is 9.96. The fourth-order valence-corrected chi connectivity index (χ4v) is 3.36. The molecule has 2 aromatic carbocycles. The molecule has 0 saturated carbocycles. The Hall–Kier alpha value is -2.58.